The van der Waals surface area contributed by atoms with Gasteiger partial charge < -0.3 is 14.8 Å². The zero-order valence-corrected chi connectivity index (χ0v) is 27.2. The van der Waals surface area contributed by atoms with Crippen molar-refractivity contribution in [2.45, 2.75) is 29.5 Å². The lowest BCUT2D eigenvalue weighted by Crippen LogP contribution is -2.47. The Kier molecular flexibility index (Phi) is 9.16. The summed E-state index contributed by atoms with van der Waals surface area (Å²) in [5.41, 5.74) is 3.70. The number of benzene rings is 3. The summed E-state index contributed by atoms with van der Waals surface area (Å²) in [6.45, 7) is 2.43. The van der Waals surface area contributed by atoms with E-state index in [1.54, 1.807) is 48.2 Å². The molecule has 0 spiro atoms. The highest BCUT2D eigenvalue weighted by molar-refractivity contribution is 9.10. The van der Waals surface area contributed by atoms with Crippen molar-refractivity contribution in [1.82, 2.24) is 9.88 Å². The first kappa shape index (κ1) is 30.5. The maximum Gasteiger partial charge on any atom is 0.261 e. The van der Waals surface area contributed by atoms with Gasteiger partial charge in [-0.15, -0.1) is 0 Å². The second kappa shape index (κ2) is 13.2. The lowest BCUT2D eigenvalue weighted by Gasteiger charge is -2.44. The average molecular weight is 694 g/mol. The predicted molar refractivity (Wildman–Crippen MR) is 180 cm³/mol. The number of aromatic nitrogens is 1. The van der Waals surface area contributed by atoms with Crippen molar-refractivity contribution in [2.75, 3.05) is 35.0 Å². The van der Waals surface area contributed by atoms with Gasteiger partial charge >= 0.3 is 0 Å². The van der Waals surface area contributed by atoms with E-state index >= 15 is 0 Å². The quantitative estimate of drug-likeness (QED) is 0.207. The van der Waals surface area contributed by atoms with Crippen LogP contribution in [0.2, 0.25) is 0 Å². The third kappa shape index (κ3) is 6.90. The molecule has 8 nitrogen and oxygen atoms in total. The van der Waals surface area contributed by atoms with Crippen molar-refractivity contribution in [2.24, 2.45) is 5.92 Å². The van der Waals surface area contributed by atoms with Gasteiger partial charge in [0.2, 0.25) is 0 Å². The molecule has 0 saturated carbocycles. The summed E-state index contributed by atoms with van der Waals surface area (Å²) in [7, 11) is -3.94. The van der Waals surface area contributed by atoms with Crippen molar-refractivity contribution in [3.05, 3.63) is 123 Å². The van der Waals surface area contributed by atoms with Gasteiger partial charge in [-0.25, -0.2) is 8.42 Å². The molecule has 2 atom stereocenters. The fourth-order valence-electron chi connectivity index (χ4n) is 6.05. The van der Waals surface area contributed by atoms with Crippen LogP contribution in [-0.2, 0) is 22.3 Å². The van der Waals surface area contributed by atoms with Gasteiger partial charge in [0.25, 0.3) is 21.5 Å². The SMILES string of the molecule is O=C(NCCSCc1ccccc1)c1ccc(N2CC3CC(C2)c2cccc(=O)n2C3)c(NS(=O)(=O)c2ccc(Br)cc2)c1. The van der Waals surface area contributed by atoms with Crippen molar-refractivity contribution >= 4 is 55.0 Å². The summed E-state index contributed by atoms with van der Waals surface area (Å²) in [4.78, 5) is 28.0. The maximum absolute atomic E-state index is 13.5. The van der Waals surface area contributed by atoms with Gasteiger partial charge in [0.1, 0.15) is 0 Å². The molecule has 2 aliphatic rings. The summed E-state index contributed by atoms with van der Waals surface area (Å²) in [5, 5.41) is 2.97. The van der Waals surface area contributed by atoms with Gasteiger partial charge in [0.15, 0.2) is 0 Å². The number of carbonyl (C=O) groups is 1. The molecule has 1 aromatic heterocycles. The number of piperidine rings is 1. The van der Waals surface area contributed by atoms with Crippen LogP contribution in [0.5, 0.6) is 0 Å². The lowest BCUT2D eigenvalue weighted by molar-refractivity contribution is 0.0956. The van der Waals surface area contributed by atoms with E-state index in [0.29, 0.717) is 43.1 Å². The largest absolute Gasteiger partial charge is 0.369 e. The van der Waals surface area contributed by atoms with E-state index < -0.39 is 10.0 Å². The molecule has 2 aliphatic heterocycles. The first-order chi connectivity index (χ1) is 21.3. The Balaban J connectivity index is 1.23. The van der Waals surface area contributed by atoms with E-state index in [2.05, 4.69) is 43.0 Å². The summed E-state index contributed by atoms with van der Waals surface area (Å²) in [5.74, 6) is 1.75. The Morgan fingerprint density at radius 3 is 2.52 bits per heavy atom. The minimum absolute atomic E-state index is 0.0161. The Morgan fingerprint density at radius 1 is 0.932 bits per heavy atom. The van der Waals surface area contributed by atoms with E-state index in [-0.39, 0.29) is 28.2 Å². The van der Waals surface area contributed by atoms with Crippen LogP contribution in [0.15, 0.2) is 105 Å². The lowest BCUT2D eigenvalue weighted by atomic mass is 9.83. The van der Waals surface area contributed by atoms with Crippen LogP contribution in [0.4, 0.5) is 11.4 Å². The van der Waals surface area contributed by atoms with E-state index in [9.17, 15) is 18.0 Å². The van der Waals surface area contributed by atoms with Crippen molar-refractivity contribution in [3.63, 3.8) is 0 Å². The molecule has 2 bridgehead atoms. The molecule has 6 rings (SSSR count). The number of thioether (sulfide) groups is 1. The molecule has 1 amide bonds. The molecule has 1 saturated heterocycles. The van der Waals surface area contributed by atoms with Gasteiger partial charge in [-0.3, -0.25) is 14.3 Å². The van der Waals surface area contributed by atoms with Crippen LogP contribution in [0.25, 0.3) is 0 Å². The minimum atomic E-state index is -3.94. The molecule has 0 aliphatic carbocycles. The van der Waals surface area contributed by atoms with Crippen LogP contribution in [-0.4, -0.2) is 44.3 Å². The van der Waals surface area contributed by atoms with E-state index in [0.717, 1.165) is 28.1 Å². The summed E-state index contributed by atoms with van der Waals surface area (Å²) < 4.78 is 32.4. The number of nitrogens with zero attached hydrogens (tertiary/aromatic N) is 2. The number of halogens is 1. The number of pyridine rings is 1. The number of amides is 1. The zero-order valence-electron chi connectivity index (χ0n) is 24.0. The van der Waals surface area contributed by atoms with Crippen molar-refractivity contribution in [3.8, 4) is 0 Å². The van der Waals surface area contributed by atoms with E-state index in [1.165, 1.54) is 17.7 Å². The number of hydrogen-bond acceptors (Lipinski definition) is 6. The molecular weight excluding hydrogens is 660 g/mol. The minimum Gasteiger partial charge on any atom is -0.369 e. The molecule has 11 heteroatoms. The molecule has 3 heterocycles. The third-order valence-corrected chi connectivity index (χ3v) is 11.0. The topological polar surface area (TPSA) is 101 Å². The first-order valence-electron chi connectivity index (χ1n) is 14.5. The number of anilines is 2. The van der Waals surface area contributed by atoms with Crippen molar-refractivity contribution < 1.29 is 13.2 Å². The number of rotatable bonds is 10. The normalized spacial score (nSPS) is 17.5. The Morgan fingerprint density at radius 2 is 1.73 bits per heavy atom. The third-order valence-electron chi connectivity index (χ3n) is 8.09. The van der Waals surface area contributed by atoms with Crippen LogP contribution in [0, 0.1) is 5.92 Å². The number of carbonyl (C=O) groups excluding carboxylic acids is 1. The van der Waals surface area contributed by atoms with Crippen LogP contribution in [0.1, 0.15) is 34.0 Å². The highest BCUT2D eigenvalue weighted by Gasteiger charge is 2.35. The molecule has 44 heavy (non-hydrogen) atoms. The molecule has 2 N–H and O–H groups in total. The number of fused-ring (bicyclic) bond motifs is 4. The highest BCUT2D eigenvalue weighted by atomic mass is 79.9. The number of sulfonamides is 1. The van der Waals surface area contributed by atoms with Gasteiger partial charge in [0, 0.05) is 65.4 Å². The number of hydrogen-bond donors (Lipinski definition) is 2. The average Bonchev–Trinajstić information content (AvgIpc) is 3.02. The monoisotopic (exact) mass is 692 g/mol. The first-order valence-corrected chi connectivity index (χ1v) is 18.0. The zero-order chi connectivity index (χ0) is 30.7. The second-order valence-electron chi connectivity index (χ2n) is 11.2. The molecule has 2 unspecified atom stereocenters. The summed E-state index contributed by atoms with van der Waals surface area (Å²) in [6, 6.07) is 27.2. The molecule has 3 aromatic carbocycles. The Labute approximate surface area is 270 Å². The Bertz CT molecular complexity index is 1810. The molecule has 0 radical (unpaired) electrons. The molecular formula is C33H33BrN4O4S2. The maximum atomic E-state index is 13.5. The summed E-state index contributed by atoms with van der Waals surface area (Å²) >= 11 is 5.10. The summed E-state index contributed by atoms with van der Waals surface area (Å²) in [6.07, 6.45) is 0.975. The van der Waals surface area contributed by atoms with Gasteiger partial charge in [0.05, 0.1) is 16.3 Å². The van der Waals surface area contributed by atoms with Gasteiger partial charge in [-0.1, -0.05) is 52.3 Å². The predicted octanol–water partition coefficient (Wildman–Crippen LogP) is 5.70. The molecule has 228 valence electrons. The van der Waals surface area contributed by atoms with Gasteiger partial charge in [-0.2, -0.15) is 11.8 Å². The standard InChI is InChI=1S/C33H33BrN4O4S2/c34-27-10-12-28(13-11-27)44(41,42)36-29-18-25(33(40)35-15-16-43-22-23-5-2-1-3-6-23)9-14-31(29)37-19-24-17-26(21-37)30-7-4-8-32(39)38(30)20-24/h1-14,18,24,26,36H,15-17,19-22H2,(H,35,40). The smallest absolute Gasteiger partial charge is 0.261 e. The fraction of sp³-hybridized carbons (Fsp3) is 0.273. The van der Waals surface area contributed by atoms with Gasteiger partial charge in [-0.05, 0) is 66.4 Å². The molecule has 4 aromatic rings. The van der Waals surface area contributed by atoms with Crippen LogP contribution >= 0.6 is 27.7 Å². The Hall–Kier alpha value is -3.54. The van der Waals surface area contributed by atoms with Crippen LogP contribution in [0.3, 0.4) is 0 Å². The van der Waals surface area contributed by atoms with E-state index in [1.807, 2.05) is 34.9 Å². The van der Waals surface area contributed by atoms with Crippen molar-refractivity contribution in [1.29, 1.82) is 0 Å². The van der Waals surface area contributed by atoms with Crippen LogP contribution < -0.4 is 20.5 Å². The highest BCUT2D eigenvalue weighted by Crippen LogP contribution is 2.40. The fourth-order valence-corrected chi connectivity index (χ4v) is 8.20. The molecule has 1 fully saturated rings. The van der Waals surface area contributed by atoms with E-state index in [4.69, 9.17) is 0 Å². The number of nitrogens with one attached hydrogen (secondary N) is 2. The second-order valence-corrected chi connectivity index (χ2v) is 14.9.